The fourth-order valence-electron chi connectivity index (χ4n) is 3.88. The average molecular weight is 301 g/mol. The summed E-state index contributed by atoms with van der Waals surface area (Å²) in [5.74, 6) is 1.84. The number of hydrogen-bond acceptors (Lipinski definition) is 5. The van der Waals surface area contributed by atoms with Crippen LogP contribution in [0.2, 0.25) is 0 Å². The Bertz CT molecular complexity index is 629. The summed E-state index contributed by atoms with van der Waals surface area (Å²) in [6, 6.07) is 2.23. The number of nitrogens with zero attached hydrogens (tertiary/aromatic N) is 2. The summed E-state index contributed by atoms with van der Waals surface area (Å²) in [5.41, 5.74) is 7.06. The van der Waals surface area contributed by atoms with Gasteiger partial charge < -0.3 is 10.6 Å². The van der Waals surface area contributed by atoms with E-state index in [1.807, 2.05) is 0 Å². The Hall–Kier alpha value is -1.54. The highest BCUT2D eigenvalue weighted by atomic mass is 32.1. The van der Waals surface area contributed by atoms with Gasteiger partial charge in [-0.3, -0.25) is 4.79 Å². The molecule has 21 heavy (non-hydrogen) atoms. The Balaban J connectivity index is 1.67. The molecule has 3 fully saturated rings. The first-order valence-corrected chi connectivity index (χ1v) is 8.62. The molecule has 110 valence electrons. The molecule has 1 aromatic rings. The summed E-state index contributed by atoms with van der Waals surface area (Å²) in [4.78, 5) is 15.3. The molecule has 2 unspecified atom stereocenters. The number of rotatable bonds is 3. The SMILES string of the molecule is N#Cc1c(N2CC3CCCC3C2)sc(C(=O)C2CC2)c1N. The summed E-state index contributed by atoms with van der Waals surface area (Å²) < 4.78 is 0. The number of fused-ring (bicyclic) bond motifs is 1. The Labute approximate surface area is 128 Å². The van der Waals surface area contributed by atoms with E-state index in [-0.39, 0.29) is 11.7 Å². The largest absolute Gasteiger partial charge is 0.396 e. The fourth-order valence-corrected chi connectivity index (χ4v) is 5.09. The lowest BCUT2D eigenvalue weighted by molar-refractivity contribution is 0.0972. The van der Waals surface area contributed by atoms with Gasteiger partial charge in [0.05, 0.1) is 10.6 Å². The van der Waals surface area contributed by atoms with Gasteiger partial charge in [-0.05, 0) is 37.5 Å². The standard InChI is InChI=1S/C16H19N3OS/c17-6-12-13(18)15(14(20)9-4-5-9)21-16(12)19-7-10-2-1-3-11(10)8-19/h9-11H,1-5,7-8,18H2. The van der Waals surface area contributed by atoms with E-state index in [1.54, 1.807) is 0 Å². The van der Waals surface area contributed by atoms with E-state index >= 15 is 0 Å². The minimum atomic E-state index is 0.152. The normalized spacial score (nSPS) is 27.7. The number of thiophene rings is 1. The van der Waals surface area contributed by atoms with Crippen molar-refractivity contribution in [1.29, 1.82) is 5.26 Å². The average Bonchev–Trinajstić information content (AvgIpc) is 2.96. The number of nitrogen functional groups attached to an aromatic ring is 1. The monoisotopic (exact) mass is 301 g/mol. The van der Waals surface area contributed by atoms with Crippen LogP contribution in [-0.4, -0.2) is 18.9 Å². The number of anilines is 2. The van der Waals surface area contributed by atoms with Gasteiger partial charge in [0.25, 0.3) is 0 Å². The van der Waals surface area contributed by atoms with E-state index in [0.29, 0.717) is 16.1 Å². The number of nitriles is 1. The first-order valence-electron chi connectivity index (χ1n) is 7.80. The van der Waals surface area contributed by atoms with Crippen LogP contribution in [0.1, 0.15) is 47.3 Å². The lowest BCUT2D eigenvalue weighted by Crippen LogP contribution is -2.20. The van der Waals surface area contributed by atoms with Crippen LogP contribution in [0, 0.1) is 29.1 Å². The van der Waals surface area contributed by atoms with E-state index in [1.165, 1.54) is 30.6 Å². The van der Waals surface area contributed by atoms with Gasteiger partial charge in [0.2, 0.25) is 0 Å². The van der Waals surface area contributed by atoms with Gasteiger partial charge in [-0.25, -0.2) is 0 Å². The zero-order valence-electron chi connectivity index (χ0n) is 12.0. The van der Waals surface area contributed by atoms with E-state index in [0.717, 1.165) is 42.8 Å². The van der Waals surface area contributed by atoms with Gasteiger partial charge in [-0.15, -0.1) is 11.3 Å². The number of carbonyl (C=O) groups is 1. The molecule has 4 rings (SSSR count). The van der Waals surface area contributed by atoms with Gasteiger partial charge in [-0.2, -0.15) is 5.26 Å². The molecule has 4 nitrogen and oxygen atoms in total. The third-order valence-electron chi connectivity index (χ3n) is 5.22. The first kappa shape index (κ1) is 13.1. The Kier molecular flexibility index (Phi) is 2.97. The Morgan fingerprint density at radius 1 is 1.24 bits per heavy atom. The lowest BCUT2D eigenvalue weighted by Gasteiger charge is -2.17. The van der Waals surface area contributed by atoms with Crippen molar-refractivity contribution in [2.24, 2.45) is 17.8 Å². The number of carbonyl (C=O) groups excluding carboxylic acids is 1. The maximum Gasteiger partial charge on any atom is 0.178 e. The molecule has 1 saturated heterocycles. The number of ketones is 1. The third kappa shape index (κ3) is 2.04. The molecule has 0 radical (unpaired) electrons. The van der Waals surface area contributed by atoms with Crippen molar-refractivity contribution in [2.45, 2.75) is 32.1 Å². The quantitative estimate of drug-likeness (QED) is 0.871. The van der Waals surface area contributed by atoms with Crippen LogP contribution in [-0.2, 0) is 0 Å². The van der Waals surface area contributed by atoms with E-state index < -0.39 is 0 Å². The summed E-state index contributed by atoms with van der Waals surface area (Å²) >= 11 is 1.45. The van der Waals surface area contributed by atoms with Crippen LogP contribution >= 0.6 is 11.3 Å². The molecule has 2 N–H and O–H groups in total. The minimum Gasteiger partial charge on any atom is -0.396 e. The summed E-state index contributed by atoms with van der Waals surface area (Å²) in [6.07, 6.45) is 5.89. The second-order valence-corrected chi connectivity index (χ2v) is 7.63. The third-order valence-corrected chi connectivity index (χ3v) is 6.50. The molecule has 5 heteroatoms. The molecule has 2 atom stereocenters. The van der Waals surface area contributed by atoms with E-state index in [4.69, 9.17) is 5.73 Å². The van der Waals surface area contributed by atoms with Gasteiger partial charge >= 0.3 is 0 Å². The van der Waals surface area contributed by atoms with Crippen LogP contribution in [0.4, 0.5) is 10.7 Å². The molecular formula is C16H19N3OS. The molecule has 2 heterocycles. The molecule has 0 aromatic carbocycles. The molecule has 1 aliphatic heterocycles. The summed E-state index contributed by atoms with van der Waals surface area (Å²) in [7, 11) is 0. The van der Waals surface area contributed by atoms with Crippen LogP contribution in [0.3, 0.4) is 0 Å². The first-order chi connectivity index (χ1) is 10.2. The highest BCUT2D eigenvalue weighted by Gasteiger charge is 2.39. The van der Waals surface area contributed by atoms with Crippen LogP contribution in [0.5, 0.6) is 0 Å². The summed E-state index contributed by atoms with van der Waals surface area (Å²) in [6.45, 7) is 2.05. The van der Waals surface area contributed by atoms with E-state index in [2.05, 4.69) is 11.0 Å². The minimum absolute atomic E-state index is 0.152. The number of nitrogens with two attached hydrogens (primary N) is 1. The maximum atomic E-state index is 12.3. The number of hydrogen-bond donors (Lipinski definition) is 1. The smallest absolute Gasteiger partial charge is 0.178 e. The molecular weight excluding hydrogens is 282 g/mol. The van der Waals surface area contributed by atoms with Crippen molar-refractivity contribution in [1.82, 2.24) is 0 Å². The topological polar surface area (TPSA) is 70.1 Å². The Morgan fingerprint density at radius 2 is 1.90 bits per heavy atom. The van der Waals surface area contributed by atoms with Gasteiger partial charge in [0.1, 0.15) is 16.6 Å². The van der Waals surface area contributed by atoms with Crippen LogP contribution in [0.25, 0.3) is 0 Å². The van der Waals surface area contributed by atoms with Gasteiger partial charge in [0.15, 0.2) is 5.78 Å². The van der Waals surface area contributed by atoms with Crippen molar-refractivity contribution >= 4 is 27.8 Å². The van der Waals surface area contributed by atoms with Crippen molar-refractivity contribution < 1.29 is 4.79 Å². The zero-order chi connectivity index (χ0) is 14.6. The second kappa shape index (κ2) is 4.74. The molecule has 0 spiro atoms. The zero-order valence-corrected chi connectivity index (χ0v) is 12.8. The van der Waals surface area contributed by atoms with Gasteiger partial charge in [0, 0.05) is 19.0 Å². The highest BCUT2D eigenvalue weighted by molar-refractivity contribution is 7.19. The van der Waals surface area contributed by atoms with Crippen LogP contribution in [0.15, 0.2) is 0 Å². The molecule has 0 amide bonds. The Morgan fingerprint density at radius 3 is 2.48 bits per heavy atom. The maximum absolute atomic E-state index is 12.3. The van der Waals surface area contributed by atoms with Crippen molar-refractivity contribution in [3.05, 3.63) is 10.4 Å². The van der Waals surface area contributed by atoms with Crippen molar-refractivity contribution in [3.8, 4) is 6.07 Å². The van der Waals surface area contributed by atoms with Gasteiger partial charge in [-0.1, -0.05) is 6.42 Å². The van der Waals surface area contributed by atoms with E-state index in [9.17, 15) is 10.1 Å². The second-order valence-electron chi connectivity index (χ2n) is 6.63. The molecule has 2 saturated carbocycles. The predicted molar refractivity (Wildman–Crippen MR) is 83.5 cm³/mol. The lowest BCUT2D eigenvalue weighted by atomic mass is 10.0. The van der Waals surface area contributed by atoms with Crippen LogP contribution < -0.4 is 10.6 Å². The molecule has 1 aromatic heterocycles. The predicted octanol–water partition coefficient (Wildman–Crippen LogP) is 3.03. The number of Topliss-reactive ketones (excluding diaryl/α,β-unsaturated/α-hetero) is 1. The summed E-state index contributed by atoms with van der Waals surface area (Å²) in [5, 5.41) is 10.4. The van der Waals surface area contributed by atoms with Crippen molar-refractivity contribution in [3.63, 3.8) is 0 Å². The molecule has 3 aliphatic rings. The highest BCUT2D eigenvalue weighted by Crippen LogP contribution is 2.46. The molecule has 2 aliphatic carbocycles. The molecule has 0 bridgehead atoms. The fraction of sp³-hybridized carbons (Fsp3) is 0.625. The van der Waals surface area contributed by atoms with Crippen molar-refractivity contribution in [2.75, 3.05) is 23.7 Å².